The number of benzene rings is 2. The molecule has 5 rings (SSSR count). The van der Waals surface area contributed by atoms with E-state index >= 15 is 0 Å². The number of nitrogens with two attached hydrogens (primary N) is 1. The molecule has 6 N–H and O–H groups in total. The first-order valence-corrected chi connectivity index (χ1v) is 15.2. The Morgan fingerprint density at radius 3 is 2.43 bits per heavy atom. The maximum Gasteiger partial charge on any atom is 0.306 e. The van der Waals surface area contributed by atoms with Gasteiger partial charge in [-0.15, -0.1) is 0 Å². The molecule has 47 heavy (non-hydrogen) atoms. The van der Waals surface area contributed by atoms with Crippen LogP contribution in [0.5, 0.6) is 17.2 Å². The van der Waals surface area contributed by atoms with Gasteiger partial charge < -0.3 is 49.9 Å². The maximum absolute atomic E-state index is 13.8. The van der Waals surface area contributed by atoms with Gasteiger partial charge in [-0.25, -0.2) is 0 Å². The summed E-state index contributed by atoms with van der Waals surface area (Å²) >= 11 is 0. The lowest BCUT2D eigenvalue weighted by atomic mass is 9.72. The van der Waals surface area contributed by atoms with Gasteiger partial charge in [0.2, 0.25) is 11.6 Å². The second-order valence-corrected chi connectivity index (χ2v) is 12.2. The Labute approximate surface area is 269 Å². The van der Waals surface area contributed by atoms with E-state index in [0.29, 0.717) is 0 Å². The zero-order valence-electron chi connectivity index (χ0n) is 26.1. The van der Waals surface area contributed by atoms with E-state index in [0.717, 1.165) is 0 Å². The standard InChI is InChI=1S/C33H37NO13/c1-14(35)6-4-9-22(37)45-13-21(36)33(43)11-17-25(20(12-33)47-23-10-18(34)28(38)15(2)46-23)32(42)27-26(30(17)40)29(39)16-7-5-8-19(44-3)24(16)31(27)41/h5,7-8,15,18,20,23,28,38,40,42-43H,4,6,9-13,34H2,1-3H3/t15?,18?,20-,23?,28?,33?/m1/s1. The van der Waals surface area contributed by atoms with Crippen LogP contribution < -0.4 is 10.5 Å². The molecule has 1 aliphatic heterocycles. The van der Waals surface area contributed by atoms with Gasteiger partial charge in [0.15, 0.2) is 18.7 Å². The number of aliphatic hydroxyl groups is 2. The van der Waals surface area contributed by atoms with E-state index < -0.39 is 102 Å². The van der Waals surface area contributed by atoms with Crippen molar-refractivity contribution >= 4 is 29.1 Å². The quantitative estimate of drug-likeness (QED) is 0.153. The highest BCUT2D eigenvalue weighted by atomic mass is 16.7. The number of carbonyl (C=O) groups is 5. The van der Waals surface area contributed by atoms with E-state index in [2.05, 4.69) is 0 Å². The minimum absolute atomic E-state index is 0.0265. The molecule has 252 valence electrons. The molecular weight excluding hydrogens is 618 g/mol. The van der Waals surface area contributed by atoms with E-state index in [1.54, 1.807) is 6.92 Å². The molecule has 0 spiro atoms. The summed E-state index contributed by atoms with van der Waals surface area (Å²) in [6.07, 6.45) is -5.30. The highest BCUT2D eigenvalue weighted by Crippen LogP contribution is 2.52. The van der Waals surface area contributed by atoms with Gasteiger partial charge in [-0.1, -0.05) is 12.1 Å². The number of methoxy groups -OCH3 is 1. The molecular formula is C33H37NO13. The van der Waals surface area contributed by atoms with Crippen LogP contribution in [0.4, 0.5) is 0 Å². The van der Waals surface area contributed by atoms with Crippen molar-refractivity contribution in [3.63, 3.8) is 0 Å². The first-order chi connectivity index (χ1) is 22.2. The molecule has 0 amide bonds. The summed E-state index contributed by atoms with van der Waals surface area (Å²) in [7, 11) is 1.31. The van der Waals surface area contributed by atoms with Crippen molar-refractivity contribution in [2.24, 2.45) is 5.73 Å². The number of carbonyl (C=O) groups excluding carboxylic acids is 5. The fraction of sp³-hybridized carbons (Fsp3) is 0.485. The van der Waals surface area contributed by atoms with Gasteiger partial charge in [0.25, 0.3) is 0 Å². The average molecular weight is 656 g/mol. The third-order valence-corrected chi connectivity index (χ3v) is 8.94. The Hall–Kier alpha value is -4.21. The van der Waals surface area contributed by atoms with E-state index in [9.17, 15) is 44.4 Å². The van der Waals surface area contributed by atoms with Crippen molar-refractivity contribution in [2.45, 2.75) is 88.6 Å². The predicted molar refractivity (Wildman–Crippen MR) is 160 cm³/mol. The van der Waals surface area contributed by atoms with Gasteiger partial charge in [0.1, 0.15) is 28.6 Å². The molecule has 1 saturated heterocycles. The van der Waals surface area contributed by atoms with Crippen molar-refractivity contribution in [1.82, 2.24) is 0 Å². The lowest BCUT2D eigenvalue weighted by molar-refractivity contribution is -0.247. The average Bonchev–Trinajstić information content (AvgIpc) is 3.02. The summed E-state index contributed by atoms with van der Waals surface area (Å²) in [4.78, 5) is 64.3. The van der Waals surface area contributed by atoms with Gasteiger partial charge in [0, 0.05) is 54.8 Å². The number of rotatable bonds is 10. The van der Waals surface area contributed by atoms with E-state index in [1.807, 2.05) is 0 Å². The molecule has 0 aromatic heterocycles. The van der Waals surface area contributed by atoms with Crippen LogP contribution in [0, 0.1) is 0 Å². The minimum Gasteiger partial charge on any atom is -0.507 e. The molecule has 1 heterocycles. The second-order valence-electron chi connectivity index (χ2n) is 12.2. The van der Waals surface area contributed by atoms with Crippen LogP contribution in [-0.2, 0) is 35.0 Å². The van der Waals surface area contributed by atoms with Crippen LogP contribution in [0.1, 0.15) is 95.0 Å². The molecule has 0 bridgehead atoms. The zero-order chi connectivity index (χ0) is 34.4. The van der Waals surface area contributed by atoms with Crippen molar-refractivity contribution in [1.29, 1.82) is 0 Å². The number of hydrogen-bond acceptors (Lipinski definition) is 14. The topological polar surface area (TPSA) is 229 Å². The minimum atomic E-state index is -2.35. The fourth-order valence-corrected chi connectivity index (χ4v) is 6.44. The Balaban J connectivity index is 1.55. The van der Waals surface area contributed by atoms with Crippen LogP contribution in [0.15, 0.2) is 18.2 Å². The molecule has 1 fully saturated rings. The van der Waals surface area contributed by atoms with Crippen LogP contribution >= 0.6 is 0 Å². The third-order valence-electron chi connectivity index (χ3n) is 8.94. The molecule has 6 atom stereocenters. The van der Waals surface area contributed by atoms with Gasteiger partial charge in [-0.2, -0.15) is 0 Å². The summed E-state index contributed by atoms with van der Waals surface area (Å²) < 4.78 is 22.2. The second kappa shape index (κ2) is 13.1. The number of ether oxygens (including phenoxy) is 4. The summed E-state index contributed by atoms with van der Waals surface area (Å²) in [6, 6.07) is 3.55. The third kappa shape index (κ3) is 6.26. The number of aromatic hydroxyl groups is 2. The molecule has 14 heteroatoms. The molecule has 2 aromatic carbocycles. The van der Waals surface area contributed by atoms with Gasteiger partial charge >= 0.3 is 5.97 Å². The fourth-order valence-electron chi connectivity index (χ4n) is 6.44. The Kier molecular flexibility index (Phi) is 9.53. The number of aliphatic hydroxyl groups excluding tert-OH is 1. The Bertz CT molecular complexity index is 1640. The van der Waals surface area contributed by atoms with E-state index in [1.165, 1.54) is 32.2 Å². The number of Topliss-reactive ketones (excluding diaryl/α,β-unsaturated/α-hetero) is 2. The van der Waals surface area contributed by atoms with Crippen LogP contribution in [-0.4, -0.2) is 93.4 Å². The van der Waals surface area contributed by atoms with Crippen LogP contribution in [0.3, 0.4) is 0 Å². The first kappa shape index (κ1) is 34.1. The summed E-state index contributed by atoms with van der Waals surface area (Å²) in [5.41, 5.74) is 2.11. The van der Waals surface area contributed by atoms with Crippen LogP contribution in [0.25, 0.3) is 0 Å². The molecule has 2 aliphatic carbocycles. The number of esters is 1. The Morgan fingerprint density at radius 2 is 1.77 bits per heavy atom. The molecule has 5 unspecified atom stereocenters. The first-order valence-electron chi connectivity index (χ1n) is 15.2. The smallest absolute Gasteiger partial charge is 0.306 e. The molecule has 2 aromatic rings. The highest BCUT2D eigenvalue weighted by molar-refractivity contribution is 6.31. The lowest BCUT2D eigenvalue weighted by Crippen LogP contribution is -2.53. The number of phenolic OH excluding ortho intramolecular Hbond substituents is 2. The van der Waals surface area contributed by atoms with Crippen molar-refractivity contribution < 1.29 is 63.3 Å². The highest BCUT2D eigenvalue weighted by Gasteiger charge is 2.50. The van der Waals surface area contributed by atoms with Gasteiger partial charge in [-0.05, 0) is 26.3 Å². The predicted octanol–water partition coefficient (Wildman–Crippen LogP) is 1.31. The molecule has 14 nitrogen and oxygen atoms in total. The molecule has 0 saturated carbocycles. The SMILES string of the molecule is COc1cccc2c1C(=O)c1c(O)c3c(c(O)c1C2=O)CC(O)(C(=O)COC(=O)CCCC(C)=O)C[C@H]3OC1CC(N)C(O)C(C)O1. The largest absolute Gasteiger partial charge is 0.507 e. The molecule has 0 radical (unpaired) electrons. The van der Waals surface area contributed by atoms with Gasteiger partial charge in [-0.3, -0.25) is 19.2 Å². The van der Waals surface area contributed by atoms with E-state index in [-0.39, 0.29) is 59.5 Å². The Morgan fingerprint density at radius 1 is 1.06 bits per heavy atom. The van der Waals surface area contributed by atoms with Crippen LogP contribution in [0.2, 0.25) is 0 Å². The van der Waals surface area contributed by atoms with E-state index in [4.69, 9.17) is 24.7 Å². The number of fused-ring (bicyclic) bond motifs is 3. The monoisotopic (exact) mass is 655 g/mol. The van der Waals surface area contributed by atoms with Gasteiger partial charge in [0.05, 0.1) is 42.1 Å². The normalized spacial score (nSPS) is 26.6. The number of ketones is 4. The summed E-state index contributed by atoms with van der Waals surface area (Å²) in [5.74, 6) is -4.82. The van der Waals surface area contributed by atoms with Crippen molar-refractivity contribution in [3.8, 4) is 17.2 Å². The summed E-state index contributed by atoms with van der Waals surface area (Å²) in [5, 5.41) is 45.2. The summed E-state index contributed by atoms with van der Waals surface area (Å²) in [6.45, 7) is 2.09. The number of hydrogen-bond donors (Lipinski definition) is 5. The van der Waals surface area contributed by atoms with Crippen molar-refractivity contribution in [3.05, 3.63) is 51.6 Å². The maximum atomic E-state index is 13.8. The zero-order valence-corrected chi connectivity index (χ0v) is 26.1. The molecule has 3 aliphatic rings. The number of phenols is 2. The van der Waals surface area contributed by atoms with Crippen molar-refractivity contribution in [2.75, 3.05) is 13.7 Å². The lowest BCUT2D eigenvalue weighted by Gasteiger charge is -2.42.